The fourth-order valence-electron chi connectivity index (χ4n) is 2.00. The molecule has 0 unspecified atom stereocenters. The maximum absolute atomic E-state index is 11.7. The van der Waals surface area contributed by atoms with Crippen LogP contribution in [0.15, 0.2) is 44.5 Å². The maximum Gasteiger partial charge on any atom is 0.297 e. The van der Waals surface area contributed by atoms with Gasteiger partial charge < -0.3 is 14.9 Å². The first-order chi connectivity index (χ1) is 12.1. The molecule has 0 saturated heterocycles. The summed E-state index contributed by atoms with van der Waals surface area (Å²) in [5.41, 5.74) is 8.19. The van der Waals surface area contributed by atoms with Gasteiger partial charge in [0.2, 0.25) is 11.5 Å². The molecule has 0 bridgehead atoms. The van der Waals surface area contributed by atoms with Crippen molar-refractivity contribution in [1.29, 1.82) is 0 Å². The smallest absolute Gasteiger partial charge is 0.297 e. The standard InChI is InChI=1S/C15H12ClN5O4/c1-23-11-4-2-8(16)6-10(11)12-5-3-9(24-12)7-18-19-15(22)13-14(17)21-25-20-13/h2-7H,1H3,(H2,17,21)(H,19,22)/b18-7-. The Morgan fingerprint density at radius 3 is 2.92 bits per heavy atom. The van der Waals surface area contributed by atoms with E-state index in [4.69, 9.17) is 26.5 Å². The van der Waals surface area contributed by atoms with Crippen LogP contribution in [-0.4, -0.2) is 29.5 Å². The third kappa shape index (κ3) is 3.61. The van der Waals surface area contributed by atoms with Crippen LogP contribution in [0.4, 0.5) is 5.82 Å². The van der Waals surface area contributed by atoms with Crippen LogP contribution in [0.3, 0.4) is 0 Å². The second kappa shape index (κ2) is 7.05. The first-order valence-corrected chi connectivity index (χ1v) is 7.31. The van der Waals surface area contributed by atoms with E-state index in [1.165, 1.54) is 6.21 Å². The number of halogens is 1. The Morgan fingerprint density at radius 1 is 1.36 bits per heavy atom. The summed E-state index contributed by atoms with van der Waals surface area (Å²) in [7, 11) is 1.55. The molecule has 2 aromatic heterocycles. The summed E-state index contributed by atoms with van der Waals surface area (Å²) in [6, 6.07) is 8.59. The van der Waals surface area contributed by atoms with Crippen LogP contribution in [0, 0.1) is 0 Å². The Morgan fingerprint density at radius 2 is 2.20 bits per heavy atom. The largest absolute Gasteiger partial charge is 0.496 e. The van der Waals surface area contributed by atoms with E-state index in [2.05, 4.69) is 25.5 Å². The van der Waals surface area contributed by atoms with Crippen molar-refractivity contribution in [3.05, 3.63) is 46.8 Å². The van der Waals surface area contributed by atoms with Gasteiger partial charge in [0.25, 0.3) is 5.91 Å². The van der Waals surface area contributed by atoms with Crippen molar-refractivity contribution in [3.63, 3.8) is 0 Å². The van der Waals surface area contributed by atoms with Crippen LogP contribution in [0.2, 0.25) is 5.02 Å². The van der Waals surface area contributed by atoms with E-state index < -0.39 is 5.91 Å². The monoisotopic (exact) mass is 361 g/mol. The van der Waals surface area contributed by atoms with E-state index in [0.29, 0.717) is 27.9 Å². The lowest BCUT2D eigenvalue weighted by Crippen LogP contribution is -2.19. The predicted octanol–water partition coefficient (Wildman–Crippen LogP) is 2.34. The van der Waals surface area contributed by atoms with E-state index in [9.17, 15) is 4.79 Å². The number of hydrogen-bond donors (Lipinski definition) is 2. The fourth-order valence-corrected chi connectivity index (χ4v) is 2.17. The van der Waals surface area contributed by atoms with Gasteiger partial charge in [-0.1, -0.05) is 11.6 Å². The zero-order chi connectivity index (χ0) is 17.8. The Kier molecular flexibility index (Phi) is 4.66. The van der Waals surface area contributed by atoms with Crippen molar-refractivity contribution in [2.45, 2.75) is 0 Å². The summed E-state index contributed by atoms with van der Waals surface area (Å²) in [6.45, 7) is 0. The van der Waals surface area contributed by atoms with Gasteiger partial charge in [-0.15, -0.1) is 0 Å². The first-order valence-electron chi connectivity index (χ1n) is 6.93. The number of carbonyl (C=O) groups is 1. The summed E-state index contributed by atoms with van der Waals surface area (Å²) >= 11 is 6.01. The van der Waals surface area contributed by atoms with Crippen LogP contribution >= 0.6 is 11.6 Å². The number of methoxy groups -OCH3 is 1. The predicted molar refractivity (Wildman–Crippen MR) is 89.5 cm³/mol. The number of furan rings is 1. The van der Waals surface area contributed by atoms with Gasteiger partial charge >= 0.3 is 0 Å². The average molecular weight is 362 g/mol. The molecule has 25 heavy (non-hydrogen) atoms. The minimum atomic E-state index is -0.654. The quantitative estimate of drug-likeness (QED) is 0.527. The highest BCUT2D eigenvalue weighted by Crippen LogP contribution is 2.33. The zero-order valence-corrected chi connectivity index (χ0v) is 13.6. The van der Waals surface area contributed by atoms with Crippen molar-refractivity contribution < 1.29 is 18.6 Å². The number of nitrogens with zero attached hydrogens (tertiary/aromatic N) is 3. The highest BCUT2D eigenvalue weighted by atomic mass is 35.5. The summed E-state index contributed by atoms with van der Waals surface area (Å²) < 4.78 is 15.3. The molecule has 128 valence electrons. The van der Waals surface area contributed by atoms with Crippen molar-refractivity contribution >= 4 is 29.5 Å². The Balaban J connectivity index is 1.73. The number of benzene rings is 1. The molecule has 3 rings (SSSR count). The number of rotatable bonds is 5. The van der Waals surface area contributed by atoms with Gasteiger partial charge in [0.05, 0.1) is 18.9 Å². The number of aromatic nitrogens is 2. The van der Waals surface area contributed by atoms with E-state index >= 15 is 0 Å². The van der Waals surface area contributed by atoms with E-state index in [0.717, 1.165) is 0 Å². The van der Waals surface area contributed by atoms with Crippen LogP contribution in [0.1, 0.15) is 16.2 Å². The molecular weight excluding hydrogens is 350 g/mol. The molecule has 0 atom stereocenters. The number of ether oxygens (including phenoxy) is 1. The molecule has 1 amide bonds. The van der Waals surface area contributed by atoms with E-state index in [1.807, 2.05) is 0 Å². The second-order valence-electron chi connectivity index (χ2n) is 4.74. The Labute approximate surface area is 146 Å². The molecule has 0 saturated carbocycles. The SMILES string of the molecule is COc1ccc(Cl)cc1-c1ccc(/C=N\NC(=O)c2nonc2N)o1. The second-order valence-corrected chi connectivity index (χ2v) is 5.18. The molecule has 0 aliphatic carbocycles. The van der Waals surface area contributed by atoms with Gasteiger partial charge in [0.15, 0.2) is 0 Å². The number of anilines is 1. The van der Waals surface area contributed by atoms with Crippen molar-refractivity contribution in [3.8, 4) is 17.1 Å². The minimum absolute atomic E-state index is 0.124. The topological polar surface area (TPSA) is 129 Å². The molecule has 3 aromatic rings. The lowest BCUT2D eigenvalue weighted by Gasteiger charge is -2.06. The number of nitrogen functional groups attached to an aromatic ring is 1. The van der Waals surface area contributed by atoms with Gasteiger partial charge in [-0.05, 0) is 40.6 Å². The Bertz CT molecular complexity index is 934. The van der Waals surface area contributed by atoms with Crippen LogP contribution in [-0.2, 0) is 0 Å². The molecule has 0 aliphatic heterocycles. The number of carbonyl (C=O) groups excluding carboxylic acids is 1. The lowest BCUT2D eigenvalue weighted by atomic mass is 10.1. The number of hydrazone groups is 1. The third-order valence-electron chi connectivity index (χ3n) is 3.14. The molecule has 0 radical (unpaired) electrons. The summed E-state index contributed by atoms with van der Waals surface area (Å²) in [6.07, 6.45) is 1.32. The molecule has 0 aliphatic rings. The number of nitrogens with one attached hydrogen (secondary N) is 1. The van der Waals surface area contributed by atoms with Gasteiger partial charge in [-0.25, -0.2) is 10.1 Å². The van der Waals surface area contributed by atoms with E-state index in [-0.39, 0.29) is 11.5 Å². The number of hydrogen-bond acceptors (Lipinski definition) is 8. The lowest BCUT2D eigenvalue weighted by molar-refractivity contribution is 0.0946. The summed E-state index contributed by atoms with van der Waals surface area (Å²) in [5, 5.41) is 11.0. The van der Waals surface area contributed by atoms with E-state index in [1.54, 1.807) is 37.4 Å². The van der Waals surface area contributed by atoms with Gasteiger partial charge in [-0.2, -0.15) is 5.10 Å². The number of amides is 1. The maximum atomic E-state index is 11.7. The molecule has 10 heteroatoms. The minimum Gasteiger partial charge on any atom is -0.496 e. The fraction of sp³-hybridized carbons (Fsp3) is 0.0667. The molecule has 9 nitrogen and oxygen atoms in total. The van der Waals surface area contributed by atoms with Gasteiger partial charge in [0, 0.05) is 5.02 Å². The zero-order valence-electron chi connectivity index (χ0n) is 12.9. The molecule has 0 fully saturated rings. The number of nitrogens with two attached hydrogens (primary N) is 1. The first kappa shape index (κ1) is 16.5. The highest BCUT2D eigenvalue weighted by Gasteiger charge is 2.15. The van der Waals surface area contributed by atoms with Crippen LogP contribution < -0.4 is 15.9 Å². The molecular formula is C15H12ClN5O4. The molecule has 1 aromatic carbocycles. The molecule has 0 spiro atoms. The molecule has 2 heterocycles. The molecule has 3 N–H and O–H groups in total. The van der Waals surface area contributed by atoms with Crippen molar-refractivity contribution in [2.24, 2.45) is 5.10 Å². The highest BCUT2D eigenvalue weighted by molar-refractivity contribution is 6.30. The van der Waals surface area contributed by atoms with Crippen LogP contribution in [0.5, 0.6) is 5.75 Å². The van der Waals surface area contributed by atoms with Crippen molar-refractivity contribution in [1.82, 2.24) is 15.7 Å². The summed E-state index contributed by atoms with van der Waals surface area (Å²) in [4.78, 5) is 11.7. The average Bonchev–Trinajstić information content (AvgIpc) is 3.23. The van der Waals surface area contributed by atoms with Gasteiger partial charge in [-0.3, -0.25) is 4.79 Å². The third-order valence-corrected chi connectivity index (χ3v) is 3.38. The van der Waals surface area contributed by atoms with Crippen LogP contribution in [0.25, 0.3) is 11.3 Å². The normalized spacial score (nSPS) is 11.0. The van der Waals surface area contributed by atoms with Gasteiger partial charge in [0.1, 0.15) is 17.3 Å². The summed E-state index contributed by atoms with van der Waals surface area (Å²) in [5.74, 6) is 0.782. The van der Waals surface area contributed by atoms with Crippen molar-refractivity contribution in [2.75, 3.05) is 12.8 Å². The Hall–Kier alpha value is -3.33.